The zero-order chi connectivity index (χ0) is 12.1. The number of piperidine rings is 1. The lowest BCUT2D eigenvalue weighted by Crippen LogP contribution is -2.46. The summed E-state index contributed by atoms with van der Waals surface area (Å²) in [7, 11) is 0. The second kappa shape index (κ2) is 6.12. The summed E-state index contributed by atoms with van der Waals surface area (Å²) in [5.41, 5.74) is 1.32. The largest absolute Gasteiger partial charge is 0.313 e. The van der Waals surface area contributed by atoms with Gasteiger partial charge in [-0.2, -0.15) is 0 Å². The van der Waals surface area contributed by atoms with Crippen LogP contribution in [0.3, 0.4) is 0 Å². The molecule has 2 rings (SSSR count). The summed E-state index contributed by atoms with van der Waals surface area (Å²) < 4.78 is 0. The highest BCUT2D eigenvalue weighted by Crippen LogP contribution is 2.23. The number of hydrogen-bond donors (Lipinski definition) is 1. The van der Waals surface area contributed by atoms with Crippen molar-refractivity contribution >= 4 is 0 Å². The van der Waals surface area contributed by atoms with E-state index in [0.717, 1.165) is 13.1 Å². The molecule has 0 radical (unpaired) electrons. The van der Waals surface area contributed by atoms with E-state index >= 15 is 0 Å². The SMILES string of the molecule is CCNC1CCCN(C(C)c2cccnc2)C1. The minimum atomic E-state index is 0.477. The first-order valence-electron chi connectivity index (χ1n) is 6.68. The Kier molecular flexibility index (Phi) is 4.51. The summed E-state index contributed by atoms with van der Waals surface area (Å²) in [4.78, 5) is 6.78. The van der Waals surface area contributed by atoms with Crippen molar-refractivity contribution in [2.75, 3.05) is 19.6 Å². The first-order valence-corrected chi connectivity index (χ1v) is 6.68. The fraction of sp³-hybridized carbons (Fsp3) is 0.643. The Hall–Kier alpha value is -0.930. The number of nitrogens with zero attached hydrogens (tertiary/aromatic N) is 2. The zero-order valence-corrected chi connectivity index (χ0v) is 10.9. The van der Waals surface area contributed by atoms with E-state index in [-0.39, 0.29) is 0 Å². The predicted molar refractivity (Wildman–Crippen MR) is 70.9 cm³/mol. The van der Waals surface area contributed by atoms with Gasteiger partial charge in [0.15, 0.2) is 0 Å². The van der Waals surface area contributed by atoms with Crippen molar-refractivity contribution in [3.63, 3.8) is 0 Å². The molecule has 0 aromatic carbocycles. The Morgan fingerprint density at radius 3 is 3.18 bits per heavy atom. The van der Waals surface area contributed by atoms with Crippen molar-refractivity contribution in [2.24, 2.45) is 0 Å². The van der Waals surface area contributed by atoms with Gasteiger partial charge in [-0.1, -0.05) is 13.0 Å². The fourth-order valence-electron chi connectivity index (χ4n) is 2.65. The topological polar surface area (TPSA) is 28.2 Å². The molecule has 0 amide bonds. The van der Waals surface area contributed by atoms with Crippen LogP contribution >= 0.6 is 0 Å². The van der Waals surface area contributed by atoms with Gasteiger partial charge in [-0.3, -0.25) is 9.88 Å². The highest BCUT2D eigenvalue weighted by Gasteiger charge is 2.23. The molecular formula is C14H23N3. The van der Waals surface area contributed by atoms with Crippen LogP contribution in [0.2, 0.25) is 0 Å². The van der Waals surface area contributed by atoms with E-state index in [2.05, 4.69) is 35.1 Å². The normalized spacial score (nSPS) is 23.5. The van der Waals surface area contributed by atoms with Crippen molar-refractivity contribution in [3.05, 3.63) is 30.1 Å². The summed E-state index contributed by atoms with van der Waals surface area (Å²) >= 11 is 0. The van der Waals surface area contributed by atoms with Crippen LogP contribution in [0.25, 0.3) is 0 Å². The predicted octanol–water partition coefficient (Wildman–Crippen LogP) is 2.22. The standard InChI is InChI=1S/C14H23N3/c1-3-16-14-7-5-9-17(11-14)12(2)13-6-4-8-15-10-13/h4,6,8,10,12,14,16H,3,5,7,9,11H2,1-2H3. The molecule has 0 aliphatic carbocycles. The first-order chi connectivity index (χ1) is 8.31. The minimum absolute atomic E-state index is 0.477. The van der Waals surface area contributed by atoms with Crippen LogP contribution in [0.1, 0.15) is 38.3 Å². The molecule has 1 fully saturated rings. The van der Waals surface area contributed by atoms with Gasteiger partial charge in [0.05, 0.1) is 0 Å². The summed E-state index contributed by atoms with van der Waals surface area (Å²) in [6, 6.07) is 5.34. The third kappa shape index (κ3) is 3.27. The van der Waals surface area contributed by atoms with Crippen LogP contribution in [-0.4, -0.2) is 35.6 Å². The van der Waals surface area contributed by atoms with Crippen molar-refractivity contribution in [1.29, 1.82) is 0 Å². The van der Waals surface area contributed by atoms with Gasteiger partial charge in [0.1, 0.15) is 0 Å². The Morgan fingerprint density at radius 1 is 1.59 bits per heavy atom. The number of nitrogens with one attached hydrogen (secondary N) is 1. The van der Waals surface area contributed by atoms with Crippen LogP contribution in [0, 0.1) is 0 Å². The Balaban J connectivity index is 1.97. The maximum atomic E-state index is 4.21. The number of likely N-dealkylation sites (tertiary alicyclic amines) is 1. The second-order valence-corrected chi connectivity index (χ2v) is 4.85. The third-order valence-electron chi connectivity index (χ3n) is 3.66. The summed E-state index contributed by atoms with van der Waals surface area (Å²) in [6.07, 6.45) is 6.43. The maximum absolute atomic E-state index is 4.21. The summed E-state index contributed by atoms with van der Waals surface area (Å²) in [6.45, 7) is 7.90. The van der Waals surface area contributed by atoms with Crippen molar-refractivity contribution in [3.8, 4) is 0 Å². The highest BCUT2D eigenvalue weighted by molar-refractivity contribution is 5.13. The molecule has 94 valence electrons. The summed E-state index contributed by atoms with van der Waals surface area (Å²) in [5.74, 6) is 0. The number of pyridine rings is 1. The van der Waals surface area contributed by atoms with Gasteiger partial charge in [-0.05, 0) is 44.5 Å². The quantitative estimate of drug-likeness (QED) is 0.864. The molecule has 3 nitrogen and oxygen atoms in total. The van der Waals surface area contributed by atoms with E-state index in [9.17, 15) is 0 Å². The number of rotatable bonds is 4. The molecule has 1 aromatic rings. The highest BCUT2D eigenvalue weighted by atomic mass is 15.2. The molecule has 0 spiro atoms. The van der Waals surface area contributed by atoms with Gasteiger partial charge < -0.3 is 5.32 Å². The van der Waals surface area contributed by atoms with Crippen molar-refractivity contribution in [2.45, 2.75) is 38.8 Å². The van der Waals surface area contributed by atoms with E-state index in [1.165, 1.54) is 24.9 Å². The smallest absolute Gasteiger partial charge is 0.0335 e. The number of aromatic nitrogens is 1. The average molecular weight is 233 g/mol. The molecule has 1 aromatic heterocycles. The van der Waals surface area contributed by atoms with Crippen LogP contribution < -0.4 is 5.32 Å². The molecule has 1 saturated heterocycles. The molecule has 2 heterocycles. The second-order valence-electron chi connectivity index (χ2n) is 4.85. The van der Waals surface area contributed by atoms with Crippen molar-refractivity contribution in [1.82, 2.24) is 15.2 Å². The molecule has 3 heteroatoms. The van der Waals surface area contributed by atoms with E-state index in [1.54, 1.807) is 0 Å². The molecule has 1 aliphatic heterocycles. The minimum Gasteiger partial charge on any atom is -0.313 e. The molecule has 17 heavy (non-hydrogen) atoms. The van der Waals surface area contributed by atoms with Gasteiger partial charge in [-0.15, -0.1) is 0 Å². The monoisotopic (exact) mass is 233 g/mol. The Labute approximate surface area is 104 Å². The molecular weight excluding hydrogens is 210 g/mol. The van der Waals surface area contributed by atoms with Crippen LogP contribution in [-0.2, 0) is 0 Å². The third-order valence-corrected chi connectivity index (χ3v) is 3.66. The molecule has 0 bridgehead atoms. The zero-order valence-electron chi connectivity index (χ0n) is 10.9. The Bertz CT molecular complexity index is 323. The lowest BCUT2D eigenvalue weighted by molar-refractivity contribution is 0.146. The van der Waals surface area contributed by atoms with E-state index < -0.39 is 0 Å². The maximum Gasteiger partial charge on any atom is 0.0335 e. The molecule has 2 unspecified atom stereocenters. The van der Waals surface area contributed by atoms with E-state index in [0.29, 0.717) is 12.1 Å². The van der Waals surface area contributed by atoms with Gasteiger partial charge in [0, 0.05) is 31.0 Å². The average Bonchev–Trinajstić information content (AvgIpc) is 2.40. The van der Waals surface area contributed by atoms with E-state index in [4.69, 9.17) is 0 Å². The Morgan fingerprint density at radius 2 is 2.47 bits per heavy atom. The molecule has 2 atom stereocenters. The first kappa shape index (κ1) is 12.5. The number of likely N-dealkylation sites (N-methyl/N-ethyl adjacent to an activating group) is 1. The van der Waals surface area contributed by atoms with Gasteiger partial charge in [-0.25, -0.2) is 0 Å². The van der Waals surface area contributed by atoms with Crippen LogP contribution in [0.5, 0.6) is 0 Å². The van der Waals surface area contributed by atoms with Gasteiger partial charge in [0.25, 0.3) is 0 Å². The molecule has 1 aliphatic rings. The van der Waals surface area contributed by atoms with Gasteiger partial charge in [0.2, 0.25) is 0 Å². The van der Waals surface area contributed by atoms with Crippen molar-refractivity contribution < 1.29 is 0 Å². The molecule has 0 saturated carbocycles. The van der Waals surface area contributed by atoms with Crippen LogP contribution in [0.4, 0.5) is 0 Å². The number of hydrogen-bond acceptors (Lipinski definition) is 3. The fourth-order valence-corrected chi connectivity index (χ4v) is 2.65. The lowest BCUT2D eigenvalue weighted by atomic mass is 10.0. The van der Waals surface area contributed by atoms with Gasteiger partial charge >= 0.3 is 0 Å². The lowest BCUT2D eigenvalue weighted by Gasteiger charge is -2.37. The van der Waals surface area contributed by atoms with E-state index in [1.807, 2.05) is 18.5 Å². The molecule has 1 N–H and O–H groups in total. The van der Waals surface area contributed by atoms with Crippen LogP contribution in [0.15, 0.2) is 24.5 Å². The summed E-state index contributed by atoms with van der Waals surface area (Å²) in [5, 5.41) is 3.56.